The number of hydrogen-bond acceptors (Lipinski definition) is 6. The molecule has 1 aliphatic heterocycles. The van der Waals surface area contributed by atoms with Crippen LogP contribution >= 0.6 is 0 Å². The van der Waals surface area contributed by atoms with Crippen LogP contribution in [0.3, 0.4) is 0 Å². The van der Waals surface area contributed by atoms with Crippen LogP contribution in [-0.2, 0) is 14.3 Å². The van der Waals surface area contributed by atoms with E-state index in [2.05, 4.69) is 15.0 Å². The van der Waals surface area contributed by atoms with Gasteiger partial charge in [-0.2, -0.15) is 4.39 Å². The highest BCUT2D eigenvalue weighted by atomic mass is 19.2. The van der Waals surface area contributed by atoms with E-state index in [1.807, 2.05) is 6.92 Å². The highest BCUT2D eigenvalue weighted by Gasteiger charge is 2.28. The van der Waals surface area contributed by atoms with E-state index in [0.29, 0.717) is 24.3 Å². The van der Waals surface area contributed by atoms with Gasteiger partial charge in [-0.1, -0.05) is 6.07 Å². The highest BCUT2D eigenvalue weighted by molar-refractivity contribution is 5.92. The van der Waals surface area contributed by atoms with Crippen molar-refractivity contribution in [2.75, 3.05) is 33.3 Å². The van der Waals surface area contributed by atoms with Crippen LogP contribution in [-0.4, -0.2) is 51.3 Å². The van der Waals surface area contributed by atoms with E-state index in [1.165, 1.54) is 19.4 Å². The van der Waals surface area contributed by atoms with Gasteiger partial charge in [0.15, 0.2) is 11.6 Å². The van der Waals surface area contributed by atoms with E-state index in [4.69, 9.17) is 15.2 Å². The Kier molecular flexibility index (Phi) is 11.1. The maximum absolute atomic E-state index is 13.5. The normalized spacial score (nSPS) is 16.8. The van der Waals surface area contributed by atoms with Crippen LogP contribution in [0.4, 0.5) is 14.5 Å². The van der Waals surface area contributed by atoms with Crippen molar-refractivity contribution in [2.45, 2.75) is 25.4 Å². The molecule has 0 radical (unpaired) electrons. The summed E-state index contributed by atoms with van der Waals surface area (Å²) in [6.45, 7) is 2.49. The van der Waals surface area contributed by atoms with Crippen LogP contribution in [0.25, 0.3) is 0 Å². The molecule has 1 aliphatic rings. The number of methoxy groups -OCH3 is 2. The molecule has 0 saturated carbocycles. The number of pyridine rings is 1. The Bertz CT molecular complexity index is 867. The topological polar surface area (TPSA) is 113 Å². The minimum Gasteiger partial charge on any atom is -0.493 e. The number of ether oxygens (including phenoxy) is 3. The molecule has 0 spiro atoms. The van der Waals surface area contributed by atoms with Gasteiger partial charge in [0.2, 0.25) is 12.2 Å². The van der Waals surface area contributed by atoms with Gasteiger partial charge in [-0.3, -0.25) is 14.6 Å². The molecule has 31 heavy (non-hydrogen) atoms. The minimum atomic E-state index is -0.917. The molecular weight excluding hydrogens is 412 g/mol. The number of nitrogens with zero attached hydrogens (tertiary/aromatic N) is 1. The van der Waals surface area contributed by atoms with E-state index in [9.17, 15) is 18.4 Å². The molecule has 3 rings (SSSR count). The highest BCUT2D eigenvalue weighted by Crippen LogP contribution is 2.36. The Labute approximate surface area is 179 Å². The molecule has 2 unspecified atom stereocenters. The van der Waals surface area contributed by atoms with Crippen molar-refractivity contribution in [2.24, 2.45) is 5.73 Å². The van der Waals surface area contributed by atoms with E-state index < -0.39 is 17.5 Å². The molecule has 2 heterocycles. The lowest BCUT2D eigenvalue weighted by molar-refractivity contribution is -0.105. The summed E-state index contributed by atoms with van der Waals surface area (Å²) < 4.78 is 41.1. The summed E-state index contributed by atoms with van der Waals surface area (Å²) in [6, 6.07) is 5.66. The zero-order valence-electron chi connectivity index (χ0n) is 17.9. The molecular formula is C21H27F2N3O5. The van der Waals surface area contributed by atoms with Crippen molar-refractivity contribution in [3.8, 4) is 5.75 Å². The van der Waals surface area contributed by atoms with Gasteiger partial charge in [0.25, 0.3) is 5.91 Å². The zero-order valence-corrected chi connectivity index (χ0v) is 17.9. The molecule has 0 aliphatic carbocycles. The number of halogens is 2. The second-order valence-electron chi connectivity index (χ2n) is 6.52. The molecule has 2 atom stereocenters. The molecule has 2 amide bonds. The Morgan fingerprint density at radius 3 is 2.48 bits per heavy atom. The quantitative estimate of drug-likeness (QED) is 0.693. The largest absolute Gasteiger partial charge is 0.493 e. The van der Waals surface area contributed by atoms with Gasteiger partial charge >= 0.3 is 0 Å². The van der Waals surface area contributed by atoms with Crippen molar-refractivity contribution in [3.05, 3.63) is 53.4 Å². The van der Waals surface area contributed by atoms with E-state index in [1.54, 1.807) is 26.4 Å². The first-order valence-electron chi connectivity index (χ1n) is 9.28. The average molecular weight is 439 g/mol. The smallest absolute Gasteiger partial charge is 0.267 e. The van der Waals surface area contributed by atoms with Gasteiger partial charge in [0, 0.05) is 37.6 Å². The Balaban J connectivity index is 0.000000285. The van der Waals surface area contributed by atoms with E-state index in [-0.39, 0.29) is 23.5 Å². The number of carbonyl (C=O) groups excluding carboxylic acids is 2. The third-order valence-electron chi connectivity index (χ3n) is 4.16. The number of primary amides is 1. The lowest BCUT2D eigenvalue weighted by Gasteiger charge is -2.14. The van der Waals surface area contributed by atoms with Crippen LogP contribution in [0.1, 0.15) is 35.3 Å². The number of aromatic nitrogens is 1. The summed E-state index contributed by atoms with van der Waals surface area (Å²) in [5, 5.41) is 2.37. The molecule has 0 bridgehead atoms. The van der Waals surface area contributed by atoms with Gasteiger partial charge in [-0.25, -0.2) is 4.39 Å². The minimum absolute atomic E-state index is 0.00250. The third kappa shape index (κ3) is 7.91. The standard InChI is InChI=1S/C12H14F2O2.C7H7N3O2.C2H6O/c1-7-5-8(6-16-7)9-3-4-10(13)11(14)12(9)15-2;8-7(12)6-3-5(10-4-11)1-2-9-6;1-3-2/h3-4,7-8H,5-6H2,1-2H3;1-4H,(H2,8,12)(H,9,10,11);1-2H3. The Hall–Kier alpha value is -3.11. The number of anilines is 1. The summed E-state index contributed by atoms with van der Waals surface area (Å²) in [7, 11) is 4.60. The number of nitrogens with one attached hydrogen (secondary N) is 1. The molecule has 170 valence electrons. The van der Waals surface area contributed by atoms with E-state index in [0.717, 1.165) is 12.5 Å². The van der Waals surface area contributed by atoms with Gasteiger partial charge < -0.3 is 25.3 Å². The van der Waals surface area contributed by atoms with Crippen LogP contribution in [0.2, 0.25) is 0 Å². The van der Waals surface area contributed by atoms with Crippen molar-refractivity contribution >= 4 is 18.0 Å². The van der Waals surface area contributed by atoms with Crippen LogP contribution in [0.15, 0.2) is 30.5 Å². The van der Waals surface area contributed by atoms with Crippen LogP contribution < -0.4 is 15.8 Å². The summed E-state index contributed by atoms with van der Waals surface area (Å²) in [4.78, 5) is 24.3. The maximum Gasteiger partial charge on any atom is 0.267 e. The first-order chi connectivity index (χ1) is 14.8. The second-order valence-corrected chi connectivity index (χ2v) is 6.52. The number of rotatable bonds is 5. The van der Waals surface area contributed by atoms with Crippen LogP contribution in [0.5, 0.6) is 5.75 Å². The summed E-state index contributed by atoms with van der Waals surface area (Å²) in [6.07, 6.45) is 2.87. The number of amides is 2. The molecule has 1 aromatic heterocycles. The summed E-state index contributed by atoms with van der Waals surface area (Å²) in [5.41, 5.74) is 6.27. The lowest BCUT2D eigenvalue weighted by atomic mass is 9.95. The van der Waals surface area contributed by atoms with Crippen molar-refractivity contribution in [1.82, 2.24) is 4.98 Å². The van der Waals surface area contributed by atoms with Gasteiger partial charge in [-0.05, 0) is 31.5 Å². The monoisotopic (exact) mass is 439 g/mol. The molecule has 10 heteroatoms. The van der Waals surface area contributed by atoms with Gasteiger partial charge in [-0.15, -0.1) is 0 Å². The molecule has 3 N–H and O–H groups in total. The molecule has 8 nitrogen and oxygen atoms in total. The summed E-state index contributed by atoms with van der Waals surface area (Å²) in [5.74, 6) is -2.33. The number of hydrogen-bond donors (Lipinski definition) is 2. The Morgan fingerprint density at radius 1 is 1.29 bits per heavy atom. The Morgan fingerprint density at radius 2 is 1.97 bits per heavy atom. The van der Waals surface area contributed by atoms with Crippen molar-refractivity contribution < 1.29 is 32.6 Å². The predicted molar refractivity (Wildman–Crippen MR) is 111 cm³/mol. The summed E-state index contributed by atoms with van der Waals surface area (Å²) >= 11 is 0. The van der Waals surface area contributed by atoms with Gasteiger partial charge in [0.1, 0.15) is 5.69 Å². The third-order valence-corrected chi connectivity index (χ3v) is 4.16. The maximum atomic E-state index is 13.5. The first kappa shape index (κ1) is 25.9. The average Bonchev–Trinajstić information content (AvgIpc) is 3.17. The second kappa shape index (κ2) is 13.2. The fourth-order valence-corrected chi connectivity index (χ4v) is 2.83. The fourth-order valence-electron chi connectivity index (χ4n) is 2.83. The fraction of sp³-hybridized carbons (Fsp3) is 0.381. The number of carbonyl (C=O) groups is 2. The first-order valence-corrected chi connectivity index (χ1v) is 9.28. The SMILES string of the molecule is COC.COc1c(C2COC(C)C2)ccc(F)c1F.NC(=O)c1cc(NC=O)ccn1. The molecule has 1 aromatic carbocycles. The van der Waals surface area contributed by atoms with E-state index >= 15 is 0 Å². The van der Waals surface area contributed by atoms with Crippen molar-refractivity contribution in [3.63, 3.8) is 0 Å². The molecule has 2 aromatic rings. The van der Waals surface area contributed by atoms with Crippen LogP contribution in [0, 0.1) is 11.6 Å². The molecule has 1 saturated heterocycles. The molecule has 1 fully saturated rings. The number of benzene rings is 1. The zero-order chi connectivity index (χ0) is 23.4. The lowest BCUT2D eigenvalue weighted by Crippen LogP contribution is -2.13. The number of nitrogens with two attached hydrogens (primary N) is 1. The predicted octanol–water partition coefficient (Wildman–Crippen LogP) is 2.88. The van der Waals surface area contributed by atoms with Gasteiger partial charge in [0.05, 0.1) is 19.8 Å². The van der Waals surface area contributed by atoms with Crippen molar-refractivity contribution in [1.29, 1.82) is 0 Å².